The highest BCUT2D eigenvalue weighted by Gasteiger charge is 2.06. The molecule has 2 aromatic rings. The van der Waals surface area contributed by atoms with Crippen LogP contribution in [-0.2, 0) is 6.54 Å². The van der Waals surface area contributed by atoms with Gasteiger partial charge in [0.2, 0.25) is 0 Å². The summed E-state index contributed by atoms with van der Waals surface area (Å²) in [6, 6.07) is 6.05. The van der Waals surface area contributed by atoms with E-state index >= 15 is 0 Å². The topological polar surface area (TPSA) is 35.2 Å². The first-order valence-electron chi connectivity index (χ1n) is 4.10. The fourth-order valence-electron chi connectivity index (χ4n) is 1.44. The molecular formula is C10H11NOS. The van der Waals surface area contributed by atoms with Crippen LogP contribution in [0.2, 0.25) is 0 Å². The maximum atomic E-state index is 5.64. The van der Waals surface area contributed by atoms with Gasteiger partial charge in [-0.15, -0.1) is 11.3 Å². The van der Waals surface area contributed by atoms with Crippen molar-refractivity contribution in [3.8, 4) is 5.75 Å². The normalized spacial score (nSPS) is 10.6. The number of benzene rings is 1. The first-order valence-corrected chi connectivity index (χ1v) is 4.98. The van der Waals surface area contributed by atoms with Gasteiger partial charge in [-0.2, -0.15) is 0 Å². The molecule has 2 N–H and O–H groups in total. The molecule has 0 aliphatic carbocycles. The maximum Gasteiger partial charge on any atom is 0.127 e. The summed E-state index contributed by atoms with van der Waals surface area (Å²) in [5, 5.41) is 3.25. The molecule has 3 heteroatoms. The molecule has 0 spiro atoms. The molecule has 0 fully saturated rings. The lowest BCUT2D eigenvalue weighted by Crippen LogP contribution is -1.95. The molecule has 13 heavy (non-hydrogen) atoms. The van der Waals surface area contributed by atoms with Gasteiger partial charge in [0.25, 0.3) is 0 Å². The number of nitrogens with two attached hydrogens (primary N) is 1. The highest BCUT2D eigenvalue weighted by atomic mass is 32.1. The summed E-state index contributed by atoms with van der Waals surface area (Å²) in [6.45, 7) is 0.570. The SMILES string of the molecule is COc1cccc2scc(CN)c12. The molecule has 0 unspecified atom stereocenters. The predicted molar refractivity (Wildman–Crippen MR) is 56.3 cm³/mol. The Labute approximate surface area is 80.9 Å². The Morgan fingerprint density at radius 1 is 1.46 bits per heavy atom. The van der Waals surface area contributed by atoms with Gasteiger partial charge in [-0.05, 0) is 23.1 Å². The molecule has 0 saturated carbocycles. The molecule has 1 heterocycles. The van der Waals surface area contributed by atoms with E-state index in [1.807, 2.05) is 12.1 Å². The largest absolute Gasteiger partial charge is 0.496 e. The van der Waals surface area contributed by atoms with Crippen LogP contribution in [0.5, 0.6) is 5.75 Å². The third kappa shape index (κ3) is 1.30. The summed E-state index contributed by atoms with van der Waals surface area (Å²) in [6.07, 6.45) is 0. The van der Waals surface area contributed by atoms with Gasteiger partial charge >= 0.3 is 0 Å². The molecule has 2 nitrogen and oxygen atoms in total. The molecule has 0 aliphatic heterocycles. The third-order valence-electron chi connectivity index (χ3n) is 2.08. The van der Waals surface area contributed by atoms with Gasteiger partial charge in [0.15, 0.2) is 0 Å². The van der Waals surface area contributed by atoms with Crippen molar-refractivity contribution in [3.05, 3.63) is 29.1 Å². The second kappa shape index (κ2) is 3.36. The van der Waals surface area contributed by atoms with E-state index in [9.17, 15) is 0 Å². The fourth-order valence-corrected chi connectivity index (χ4v) is 2.43. The highest BCUT2D eigenvalue weighted by Crippen LogP contribution is 2.33. The summed E-state index contributed by atoms with van der Waals surface area (Å²) < 4.78 is 6.52. The minimum Gasteiger partial charge on any atom is -0.496 e. The van der Waals surface area contributed by atoms with E-state index < -0.39 is 0 Å². The summed E-state index contributed by atoms with van der Waals surface area (Å²) in [7, 11) is 1.69. The van der Waals surface area contributed by atoms with Crippen LogP contribution in [0.1, 0.15) is 5.56 Å². The molecule has 2 rings (SSSR count). The zero-order valence-corrected chi connectivity index (χ0v) is 8.23. The molecule has 1 aromatic heterocycles. The van der Waals surface area contributed by atoms with E-state index in [-0.39, 0.29) is 0 Å². The molecule has 0 radical (unpaired) electrons. The number of rotatable bonds is 2. The van der Waals surface area contributed by atoms with Crippen LogP contribution in [0.15, 0.2) is 23.6 Å². The van der Waals surface area contributed by atoms with Gasteiger partial charge in [-0.3, -0.25) is 0 Å². The standard InChI is InChI=1S/C10H11NOS/c1-12-8-3-2-4-9-10(8)7(5-11)6-13-9/h2-4,6H,5,11H2,1H3. The molecule has 0 atom stereocenters. The molecular weight excluding hydrogens is 182 g/mol. The van der Waals surface area contributed by atoms with E-state index in [4.69, 9.17) is 10.5 Å². The van der Waals surface area contributed by atoms with Crippen LogP contribution in [0.25, 0.3) is 10.1 Å². The number of hydrogen-bond donors (Lipinski definition) is 1. The summed E-state index contributed by atoms with van der Waals surface area (Å²) in [5.74, 6) is 0.916. The lowest BCUT2D eigenvalue weighted by atomic mass is 10.1. The van der Waals surface area contributed by atoms with Gasteiger partial charge in [-0.1, -0.05) is 6.07 Å². The Morgan fingerprint density at radius 2 is 2.31 bits per heavy atom. The average Bonchev–Trinajstić information content (AvgIpc) is 2.60. The number of hydrogen-bond acceptors (Lipinski definition) is 3. The number of fused-ring (bicyclic) bond motifs is 1. The van der Waals surface area contributed by atoms with Crippen molar-refractivity contribution in [1.82, 2.24) is 0 Å². The van der Waals surface area contributed by atoms with Gasteiger partial charge in [0, 0.05) is 16.6 Å². The minimum atomic E-state index is 0.570. The van der Waals surface area contributed by atoms with E-state index in [0.717, 1.165) is 16.7 Å². The Kier molecular flexibility index (Phi) is 2.20. The summed E-state index contributed by atoms with van der Waals surface area (Å²) in [4.78, 5) is 0. The summed E-state index contributed by atoms with van der Waals surface area (Å²) in [5.41, 5.74) is 6.80. The third-order valence-corrected chi connectivity index (χ3v) is 3.07. The van der Waals surface area contributed by atoms with Crippen LogP contribution >= 0.6 is 11.3 Å². The predicted octanol–water partition coefficient (Wildman–Crippen LogP) is 2.37. The van der Waals surface area contributed by atoms with Crippen molar-refractivity contribution in [2.75, 3.05) is 7.11 Å². The van der Waals surface area contributed by atoms with Crippen LogP contribution in [0, 0.1) is 0 Å². The highest BCUT2D eigenvalue weighted by molar-refractivity contribution is 7.17. The van der Waals surface area contributed by atoms with Crippen molar-refractivity contribution < 1.29 is 4.74 Å². The smallest absolute Gasteiger partial charge is 0.127 e. The molecule has 0 aliphatic rings. The minimum absolute atomic E-state index is 0.570. The van der Waals surface area contributed by atoms with Gasteiger partial charge < -0.3 is 10.5 Å². The number of thiophene rings is 1. The maximum absolute atomic E-state index is 5.64. The van der Waals surface area contributed by atoms with E-state index in [1.54, 1.807) is 18.4 Å². The number of methoxy groups -OCH3 is 1. The lowest BCUT2D eigenvalue weighted by Gasteiger charge is -2.02. The van der Waals surface area contributed by atoms with Gasteiger partial charge in [-0.25, -0.2) is 0 Å². The average molecular weight is 193 g/mol. The van der Waals surface area contributed by atoms with Crippen LogP contribution in [0.3, 0.4) is 0 Å². The molecule has 68 valence electrons. The van der Waals surface area contributed by atoms with Crippen molar-refractivity contribution in [1.29, 1.82) is 0 Å². The molecule has 0 saturated heterocycles. The van der Waals surface area contributed by atoms with Crippen LogP contribution in [0.4, 0.5) is 0 Å². The van der Waals surface area contributed by atoms with Crippen molar-refractivity contribution in [3.63, 3.8) is 0 Å². The Balaban J connectivity index is 2.76. The number of ether oxygens (including phenoxy) is 1. The first kappa shape index (κ1) is 8.53. The zero-order valence-electron chi connectivity index (χ0n) is 7.41. The van der Waals surface area contributed by atoms with Gasteiger partial charge in [0.05, 0.1) is 7.11 Å². The quantitative estimate of drug-likeness (QED) is 0.794. The summed E-state index contributed by atoms with van der Waals surface area (Å²) >= 11 is 1.71. The monoisotopic (exact) mass is 193 g/mol. The molecule has 1 aromatic carbocycles. The second-order valence-electron chi connectivity index (χ2n) is 2.80. The first-order chi connectivity index (χ1) is 6.36. The zero-order chi connectivity index (χ0) is 9.26. The van der Waals surface area contributed by atoms with Crippen molar-refractivity contribution >= 4 is 21.4 Å². The molecule has 0 amide bonds. The van der Waals surface area contributed by atoms with Crippen molar-refractivity contribution in [2.24, 2.45) is 5.73 Å². The second-order valence-corrected chi connectivity index (χ2v) is 3.71. The van der Waals surface area contributed by atoms with E-state index in [1.165, 1.54) is 4.70 Å². The Bertz CT molecular complexity index is 422. The van der Waals surface area contributed by atoms with E-state index in [2.05, 4.69) is 11.4 Å². The Morgan fingerprint density at radius 3 is 3.00 bits per heavy atom. The van der Waals surface area contributed by atoms with E-state index in [0.29, 0.717) is 6.54 Å². The molecule has 0 bridgehead atoms. The van der Waals surface area contributed by atoms with Crippen molar-refractivity contribution in [2.45, 2.75) is 6.54 Å². The van der Waals surface area contributed by atoms with Crippen LogP contribution < -0.4 is 10.5 Å². The fraction of sp³-hybridized carbons (Fsp3) is 0.200. The van der Waals surface area contributed by atoms with Crippen LogP contribution in [-0.4, -0.2) is 7.11 Å². The van der Waals surface area contributed by atoms with Gasteiger partial charge in [0.1, 0.15) is 5.75 Å². The lowest BCUT2D eigenvalue weighted by molar-refractivity contribution is 0.419. The Hall–Kier alpha value is -1.06.